The van der Waals surface area contributed by atoms with Gasteiger partial charge in [-0.3, -0.25) is 0 Å². The highest BCUT2D eigenvalue weighted by molar-refractivity contribution is 5.99. The average Bonchev–Trinajstić information content (AvgIpc) is 2.73. The third-order valence-electron chi connectivity index (χ3n) is 5.63. The number of hydrogen-bond acceptors (Lipinski definition) is 2. The maximum atomic E-state index is 14.3. The molecule has 5 heteroatoms. The summed E-state index contributed by atoms with van der Waals surface area (Å²) in [6.07, 6.45) is 6.22. The Labute approximate surface area is 172 Å². The van der Waals surface area contributed by atoms with Crippen LogP contribution < -0.4 is 9.47 Å². The van der Waals surface area contributed by atoms with Gasteiger partial charge in [-0.25, -0.2) is 13.4 Å². The molecule has 0 unspecified atom stereocenters. The minimum Gasteiger partial charge on any atom is -0.493 e. The molecule has 156 valence electrons. The number of fused-ring (bicyclic) bond motifs is 1. The van der Waals surface area contributed by atoms with Crippen molar-refractivity contribution in [2.24, 2.45) is 0 Å². The molecule has 0 saturated carbocycles. The van der Waals surface area contributed by atoms with Crippen LogP contribution in [0.3, 0.4) is 0 Å². The zero-order valence-electron chi connectivity index (χ0n) is 17.6. The van der Waals surface area contributed by atoms with Crippen LogP contribution in [0.4, 0.5) is 8.78 Å². The molecule has 0 aromatic heterocycles. The normalized spacial score (nSPS) is 13.4. The summed E-state index contributed by atoms with van der Waals surface area (Å²) < 4.78 is 41.7. The molecule has 0 atom stereocenters. The first-order valence-corrected chi connectivity index (χ1v) is 10.4. The first kappa shape index (κ1) is 21.3. The maximum Gasteiger partial charge on any atom is 0.184 e. The SMILES string of the molecule is CCCCCCC1=[N+](Cc2c(F)cccc2F)CCc2cc(OC)c(OC)cc21. The van der Waals surface area contributed by atoms with E-state index in [2.05, 4.69) is 11.5 Å². The van der Waals surface area contributed by atoms with Crippen LogP contribution in [0.15, 0.2) is 30.3 Å². The molecule has 3 rings (SSSR count). The van der Waals surface area contributed by atoms with Gasteiger partial charge in [0.05, 0.1) is 19.8 Å². The Morgan fingerprint density at radius 2 is 1.66 bits per heavy atom. The van der Waals surface area contributed by atoms with E-state index in [-0.39, 0.29) is 12.1 Å². The topological polar surface area (TPSA) is 21.5 Å². The molecule has 2 aromatic carbocycles. The van der Waals surface area contributed by atoms with Crippen molar-refractivity contribution in [2.45, 2.75) is 52.0 Å². The van der Waals surface area contributed by atoms with Gasteiger partial charge < -0.3 is 9.47 Å². The monoisotopic (exact) mass is 402 g/mol. The number of ether oxygens (including phenoxy) is 2. The molecule has 0 radical (unpaired) electrons. The predicted molar refractivity (Wildman–Crippen MR) is 111 cm³/mol. The molecule has 0 N–H and O–H groups in total. The number of benzene rings is 2. The van der Waals surface area contributed by atoms with Gasteiger partial charge in [0.2, 0.25) is 0 Å². The van der Waals surface area contributed by atoms with Crippen molar-refractivity contribution in [3.05, 3.63) is 58.7 Å². The van der Waals surface area contributed by atoms with E-state index >= 15 is 0 Å². The summed E-state index contributed by atoms with van der Waals surface area (Å²) in [5, 5.41) is 0. The standard InChI is InChI=1S/C24H30F2NO2/c1-4-5-6-7-11-22-18-15-24(29-3)23(28-2)14-17(18)12-13-27(22)16-19-20(25)9-8-10-21(19)26/h8-10,14-15H,4-7,11-13,16H2,1-3H3/q+1. The van der Waals surface area contributed by atoms with Crippen molar-refractivity contribution in [1.29, 1.82) is 0 Å². The summed E-state index contributed by atoms with van der Waals surface area (Å²) in [4.78, 5) is 0. The van der Waals surface area contributed by atoms with E-state index in [1.54, 1.807) is 14.2 Å². The zero-order valence-corrected chi connectivity index (χ0v) is 17.6. The van der Waals surface area contributed by atoms with E-state index in [0.29, 0.717) is 11.5 Å². The van der Waals surface area contributed by atoms with Crippen molar-refractivity contribution < 1.29 is 22.8 Å². The Morgan fingerprint density at radius 1 is 0.966 bits per heavy atom. The van der Waals surface area contributed by atoms with Gasteiger partial charge in [-0.2, -0.15) is 0 Å². The molecular weight excluding hydrogens is 372 g/mol. The maximum absolute atomic E-state index is 14.3. The lowest BCUT2D eigenvalue weighted by atomic mass is 9.92. The lowest BCUT2D eigenvalue weighted by Crippen LogP contribution is -2.30. The van der Waals surface area contributed by atoms with Crippen molar-refractivity contribution in [3.63, 3.8) is 0 Å². The molecule has 3 nitrogen and oxygen atoms in total. The van der Waals surface area contributed by atoms with E-state index in [0.717, 1.165) is 43.5 Å². The molecule has 29 heavy (non-hydrogen) atoms. The van der Waals surface area contributed by atoms with Gasteiger partial charge >= 0.3 is 0 Å². The Hall–Kier alpha value is -2.43. The van der Waals surface area contributed by atoms with Crippen LogP contribution in [0.25, 0.3) is 0 Å². The molecule has 1 heterocycles. The second-order valence-electron chi connectivity index (χ2n) is 7.49. The molecule has 0 aliphatic carbocycles. The number of unbranched alkanes of at least 4 members (excludes halogenated alkanes) is 3. The van der Waals surface area contributed by atoms with Gasteiger partial charge in [-0.05, 0) is 36.2 Å². The molecule has 2 aromatic rings. The van der Waals surface area contributed by atoms with Gasteiger partial charge in [0.15, 0.2) is 23.8 Å². The molecule has 1 aliphatic rings. The molecule has 0 saturated heterocycles. The van der Waals surface area contributed by atoms with Crippen LogP contribution >= 0.6 is 0 Å². The summed E-state index contributed by atoms with van der Waals surface area (Å²) in [6.45, 7) is 3.14. The van der Waals surface area contributed by atoms with Gasteiger partial charge in [0, 0.05) is 18.4 Å². The number of rotatable bonds is 9. The van der Waals surface area contributed by atoms with Gasteiger partial charge in [-0.15, -0.1) is 0 Å². The van der Waals surface area contributed by atoms with Crippen molar-refractivity contribution in [2.75, 3.05) is 20.8 Å². The fraction of sp³-hybridized carbons (Fsp3) is 0.458. The van der Waals surface area contributed by atoms with Crippen LogP contribution in [0.1, 0.15) is 55.7 Å². The van der Waals surface area contributed by atoms with Crippen LogP contribution in [0, 0.1) is 11.6 Å². The van der Waals surface area contributed by atoms with E-state index in [4.69, 9.17) is 9.47 Å². The zero-order chi connectivity index (χ0) is 20.8. The number of methoxy groups -OCH3 is 2. The minimum absolute atomic E-state index is 0.127. The number of nitrogens with zero attached hydrogens (tertiary/aromatic N) is 1. The Balaban J connectivity index is 2.02. The third kappa shape index (κ3) is 4.77. The third-order valence-corrected chi connectivity index (χ3v) is 5.63. The summed E-state index contributed by atoms with van der Waals surface area (Å²) in [6, 6.07) is 8.09. The van der Waals surface area contributed by atoms with Crippen molar-refractivity contribution in [3.8, 4) is 11.5 Å². The number of hydrogen-bond donors (Lipinski definition) is 0. The van der Waals surface area contributed by atoms with Crippen molar-refractivity contribution in [1.82, 2.24) is 0 Å². The fourth-order valence-corrected chi connectivity index (χ4v) is 4.02. The lowest BCUT2D eigenvalue weighted by Gasteiger charge is -2.21. The molecule has 0 spiro atoms. The first-order valence-electron chi connectivity index (χ1n) is 10.4. The summed E-state index contributed by atoms with van der Waals surface area (Å²) in [5.74, 6) is 0.406. The first-order chi connectivity index (χ1) is 14.1. The largest absolute Gasteiger partial charge is 0.493 e. The minimum atomic E-state index is -0.492. The van der Waals surface area contributed by atoms with Crippen LogP contribution in [-0.4, -0.2) is 31.1 Å². The highest BCUT2D eigenvalue weighted by Crippen LogP contribution is 2.33. The Morgan fingerprint density at radius 3 is 2.31 bits per heavy atom. The van der Waals surface area contributed by atoms with Crippen LogP contribution in [0.2, 0.25) is 0 Å². The molecule has 0 amide bonds. The van der Waals surface area contributed by atoms with E-state index in [1.165, 1.54) is 36.6 Å². The fourth-order valence-electron chi connectivity index (χ4n) is 4.02. The molecule has 1 aliphatic heterocycles. The molecular formula is C24H30F2NO2+. The smallest absolute Gasteiger partial charge is 0.184 e. The lowest BCUT2D eigenvalue weighted by molar-refractivity contribution is -0.546. The highest BCUT2D eigenvalue weighted by Gasteiger charge is 2.29. The molecule has 0 bridgehead atoms. The predicted octanol–water partition coefficient (Wildman–Crippen LogP) is 5.51. The quantitative estimate of drug-likeness (QED) is 0.407. The van der Waals surface area contributed by atoms with Gasteiger partial charge in [-0.1, -0.05) is 32.3 Å². The van der Waals surface area contributed by atoms with Crippen molar-refractivity contribution >= 4 is 5.71 Å². The van der Waals surface area contributed by atoms with Gasteiger partial charge in [0.25, 0.3) is 0 Å². The average molecular weight is 403 g/mol. The van der Waals surface area contributed by atoms with Crippen LogP contribution in [0.5, 0.6) is 11.5 Å². The molecule has 0 fully saturated rings. The second kappa shape index (κ2) is 9.86. The van der Waals surface area contributed by atoms with Crippen LogP contribution in [-0.2, 0) is 13.0 Å². The summed E-state index contributed by atoms with van der Waals surface area (Å²) in [5.41, 5.74) is 3.55. The van der Waals surface area contributed by atoms with Gasteiger partial charge in [0.1, 0.15) is 18.2 Å². The Bertz CT molecular complexity index is 872. The summed E-state index contributed by atoms with van der Waals surface area (Å²) in [7, 11) is 3.26. The summed E-state index contributed by atoms with van der Waals surface area (Å²) >= 11 is 0. The van der Waals surface area contributed by atoms with E-state index < -0.39 is 11.6 Å². The number of halogens is 2. The van der Waals surface area contributed by atoms with E-state index in [1.807, 2.05) is 12.1 Å². The van der Waals surface area contributed by atoms with E-state index in [9.17, 15) is 8.78 Å². The highest BCUT2D eigenvalue weighted by atomic mass is 19.1. The second-order valence-corrected chi connectivity index (χ2v) is 7.49. The Kier molecular flexibility index (Phi) is 7.24.